The lowest BCUT2D eigenvalue weighted by atomic mass is 10.2. The number of rotatable bonds is 2. The zero-order valence-corrected chi connectivity index (χ0v) is 12.4. The molecule has 0 amide bonds. The molecule has 0 N–H and O–H groups in total. The topological polar surface area (TPSA) is 61.2 Å². The van der Waals surface area contributed by atoms with Gasteiger partial charge in [-0.15, -0.1) is 0 Å². The van der Waals surface area contributed by atoms with E-state index in [0.717, 1.165) is 17.9 Å². The van der Waals surface area contributed by atoms with Crippen molar-refractivity contribution in [2.45, 2.75) is 18.2 Å². The van der Waals surface area contributed by atoms with Crippen LogP contribution in [0, 0.1) is 18.3 Å². The minimum Gasteiger partial charge on any atom is -0.207 e. The normalized spacial score (nSPS) is 17.7. The summed E-state index contributed by atoms with van der Waals surface area (Å²) in [5, 5.41) is 8.91. The second kappa shape index (κ2) is 5.95. The third-order valence-corrected chi connectivity index (χ3v) is 6.21. The van der Waals surface area contributed by atoms with Crippen LogP contribution in [0.3, 0.4) is 0 Å². The van der Waals surface area contributed by atoms with Gasteiger partial charge >= 0.3 is 0 Å². The molecule has 0 aromatic heterocycles. The number of nitrogens with zero attached hydrogens (tertiary/aromatic N) is 2. The predicted octanol–water partition coefficient (Wildman–Crippen LogP) is 1.99. The summed E-state index contributed by atoms with van der Waals surface area (Å²) in [7, 11) is -3.48. The second-order valence-corrected chi connectivity index (χ2v) is 7.59. The number of aryl methyl sites for hydroxylation is 1. The molecule has 1 aromatic carbocycles. The summed E-state index contributed by atoms with van der Waals surface area (Å²) < 4.78 is 26.8. The van der Waals surface area contributed by atoms with Gasteiger partial charge in [-0.2, -0.15) is 21.3 Å². The van der Waals surface area contributed by atoms with E-state index >= 15 is 0 Å². The van der Waals surface area contributed by atoms with E-state index in [-0.39, 0.29) is 4.90 Å². The molecule has 2 rings (SSSR count). The minimum atomic E-state index is -3.48. The molecule has 1 aliphatic heterocycles. The van der Waals surface area contributed by atoms with Crippen molar-refractivity contribution in [1.29, 1.82) is 5.26 Å². The number of thioether (sulfide) groups is 1. The van der Waals surface area contributed by atoms with Crippen molar-refractivity contribution in [1.82, 2.24) is 4.31 Å². The maximum Gasteiger partial charge on any atom is 0.243 e. The molecule has 1 saturated heterocycles. The zero-order valence-electron chi connectivity index (χ0n) is 10.8. The zero-order chi connectivity index (χ0) is 13.9. The summed E-state index contributed by atoms with van der Waals surface area (Å²) in [5.74, 6) is 1.83. The van der Waals surface area contributed by atoms with Gasteiger partial charge in [-0.3, -0.25) is 0 Å². The number of benzene rings is 1. The highest BCUT2D eigenvalue weighted by Crippen LogP contribution is 2.23. The molecule has 0 saturated carbocycles. The monoisotopic (exact) mass is 296 g/mol. The van der Waals surface area contributed by atoms with Gasteiger partial charge in [0.25, 0.3) is 0 Å². The van der Waals surface area contributed by atoms with Crippen LogP contribution in [0.15, 0.2) is 23.1 Å². The molecule has 0 aliphatic carbocycles. The predicted molar refractivity (Wildman–Crippen MR) is 76.6 cm³/mol. The third-order valence-electron chi connectivity index (χ3n) is 3.12. The SMILES string of the molecule is Cc1ccc(C#N)cc1S(=O)(=O)N1CCCSCC1. The fourth-order valence-corrected chi connectivity index (χ4v) is 4.78. The lowest BCUT2D eigenvalue weighted by Crippen LogP contribution is -2.33. The summed E-state index contributed by atoms with van der Waals surface area (Å²) in [6, 6.07) is 6.81. The largest absolute Gasteiger partial charge is 0.243 e. The Labute approximate surface area is 118 Å². The van der Waals surface area contributed by atoms with E-state index in [1.807, 2.05) is 6.07 Å². The number of nitriles is 1. The van der Waals surface area contributed by atoms with Crippen molar-refractivity contribution in [3.63, 3.8) is 0 Å². The van der Waals surface area contributed by atoms with Gasteiger partial charge in [0.05, 0.1) is 16.5 Å². The van der Waals surface area contributed by atoms with Crippen LogP contribution in [-0.4, -0.2) is 37.3 Å². The summed E-state index contributed by atoms with van der Waals surface area (Å²) >= 11 is 1.78. The van der Waals surface area contributed by atoms with Gasteiger partial charge in [0.15, 0.2) is 0 Å². The van der Waals surface area contributed by atoms with E-state index in [9.17, 15) is 8.42 Å². The van der Waals surface area contributed by atoms with Crippen LogP contribution in [0.1, 0.15) is 17.5 Å². The molecule has 0 atom stereocenters. The Morgan fingerprint density at radius 3 is 2.84 bits per heavy atom. The molecule has 4 nitrogen and oxygen atoms in total. The van der Waals surface area contributed by atoms with Crippen LogP contribution in [0.4, 0.5) is 0 Å². The van der Waals surface area contributed by atoms with Gasteiger partial charge < -0.3 is 0 Å². The standard InChI is InChI=1S/C13H16N2O2S2/c1-11-3-4-12(10-14)9-13(11)19(16,17)15-5-2-7-18-8-6-15/h3-4,9H,2,5-8H2,1H3. The number of hydrogen-bond acceptors (Lipinski definition) is 4. The molecule has 0 bridgehead atoms. The molecule has 0 unspecified atom stereocenters. The van der Waals surface area contributed by atoms with Crippen molar-refractivity contribution in [2.24, 2.45) is 0 Å². The highest BCUT2D eigenvalue weighted by Gasteiger charge is 2.26. The Balaban J connectivity index is 2.41. The second-order valence-electron chi connectivity index (χ2n) is 4.46. The van der Waals surface area contributed by atoms with Crippen LogP contribution in [0.25, 0.3) is 0 Å². The fraction of sp³-hybridized carbons (Fsp3) is 0.462. The number of hydrogen-bond donors (Lipinski definition) is 0. The molecule has 1 fully saturated rings. The Morgan fingerprint density at radius 1 is 1.32 bits per heavy atom. The van der Waals surface area contributed by atoms with Crippen LogP contribution in [-0.2, 0) is 10.0 Å². The average Bonchev–Trinajstić information content (AvgIpc) is 2.68. The number of sulfonamides is 1. The molecule has 0 radical (unpaired) electrons. The highest BCUT2D eigenvalue weighted by molar-refractivity contribution is 7.99. The molecule has 0 spiro atoms. The van der Waals surface area contributed by atoms with Gasteiger partial charge in [-0.1, -0.05) is 6.07 Å². The van der Waals surface area contributed by atoms with Crippen molar-refractivity contribution >= 4 is 21.8 Å². The third kappa shape index (κ3) is 3.11. The first-order chi connectivity index (χ1) is 9.05. The van der Waals surface area contributed by atoms with Crippen LogP contribution in [0.5, 0.6) is 0 Å². The van der Waals surface area contributed by atoms with Gasteiger partial charge in [0.2, 0.25) is 10.0 Å². The molecule has 102 valence electrons. The molecule has 19 heavy (non-hydrogen) atoms. The van der Waals surface area contributed by atoms with E-state index in [1.165, 1.54) is 10.4 Å². The Kier molecular flexibility index (Phi) is 4.50. The molecular weight excluding hydrogens is 280 g/mol. The molecule has 1 aromatic rings. The lowest BCUT2D eigenvalue weighted by Gasteiger charge is -2.20. The quantitative estimate of drug-likeness (QED) is 0.837. The Bertz CT molecular complexity index is 598. The Hall–Kier alpha value is -1.03. The highest BCUT2D eigenvalue weighted by atomic mass is 32.2. The smallest absolute Gasteiger partial charge is 0.207 e. The van der Waals surface area contributed by atoms with Gasteiger partial charge in [0, 0.05) is 18.8 Å². The van der Waals surface area contributed by atoms with E-state index in [0.29, 0.717) is 24.2 Å². The van der Waals surface area contributed by atoms with Crippen LogP contribution >= 0.6 is 11.8 Å². The fourth-order valence-electron chi connectivity index (χ4n) is 2.05. The molecule has 1 heterocycles. The van der Waals surface area contributed by atoms with Gasteiger partial charge in [0.1, 0.15) is 0 Å². The van der Waals surface area contributed by atoms with E-state index in [2.05, 4.69) is 0 Å². The summed E-state index contributed by atoms with van der Waals surface area (Å²) in [6.07, 6.45) is 0.876. The van der Waals surface area contributed by atoms with Crippen molar-refractivity contribution in [2.75, 3.05) is 24.6 Å². The van der Waals surface area contributed by atoms with Crippen molar-refractivity contribution < 1.29 is 8.42 Å². The first-order valence-electron chi connectivity index (χ1n) is 6.14. The van der Waals surface area contributed by atoms with E-state index in [1.54, 1.807) is 30.8 Å². The lowest BCUT2D eigenvalue weighted by molar-refractivity contribution is 0.434. The van der Waals surface area contributed by atoms with Crippen LogP contribution in [0.2, 0.25) is 0 Å². The Morgan fingerprint density at radius 2 is 2.11 bits per heavy atom. The van der Waals surface area contributed by atoms with Gasteiger partial charge in [-0.05, 0) is 36.8 Å². The molecule has 1 aliphatic rings. The van der Waals surface area contributed by atoms with E-state index < -0.39 is 10.0 Å². The summed E-state index contributed by atoms with van der Waals surface area (Å²) in [5.41, 5.74) is 1.07. The molecular formula is C13H16N2O2S2. The summed E-state index contributed by atoms with van der Waals surface area (Å²) in [4.78, 5) is 0.262. The van der Waals surface area contributed by atoms with E-state index in [4.69, 9.17) is 5.26 Å². The first kappa shape index (κ1) is 14.4. The first-order valence-corrected chi connectivity index (χ1v) is 8.74. The van der Waals surface area contributed by atoms with Crippen LogP contribution < -0.4 is 0 Å². The molecule has 6 heteroatoms. The summed E-state index contributed by atoms with van der Waals surface area (Å²) in [6.45, 7) is 2.87. The van der Waals surface area contributed by atoms with Crippen molar-refractivity contribution in [3.05, 3.63) is 29.3 Å². The minimum absolute atomic E-state index is 0.262. The maximum absolute atomic E-state index is 12.6. The van der Waals surface area contributed by atoms with Gasteiger partial charge in [-0.25, -0.2) is 8.42 Å². The van der Waals surface area contributed by atoms with Crippen molar-refractivity contribution in [3.8, 4) is 6.07 Å². The average molecular weight is 296 g/mol. The maximum atomic E-state index is 12.6.